The predicted octanol–water partition coefficient (Wildman–Crippen LogP) is 0.782. The van der Waals surface area contributed by atoms with Crippen LogP contribution in [0.2, 0.25) is 0 Å². The van der Waals surface area contributed by atoms with Crippen LogP contribution < -0.4 is 0 Å². The van der Waals surface area contributed by atoms with E-state index in [4.69, 9.17) is 5.11 Å². The van der Waals surface area contributed by atoms with Gasteiger partial charge in [-0.15, -0.1) is 0 Å². The van der Waals surface area contributed by atoms with Gasteiger partial charge < -0.3 is 10.0 Å². The fraction of sp³-hybridized carbons (Fsp3) is 0.538. The standard InChI is InChI=1S/C13H18F2N2O3S/c1-9-7-16(2)3-4-17(9)21(19,20)12-6-10(8-18)5-11(14)13(12)15/h5-6,9,18H,3-4,7-8H2,1-2H3. The number of aliphatic hydroxyl groups is 1. The van der Waals surface area contributed by atoms with Crippen LogP contribution in [0.1, 0.15) is 12.5 Å². The van der Waals surface area contributed by atoms with Crippen LogP contribution in [0.4, 0.5) is 8.78 Å². The molecule has 0 amide bonds. The van der Waals surface area contributed by atoms with E-state index in [2.05, 4.69) is 0 Å². The third-order valence-corrected chi connectivity index (χ3v) is 5.61. The molecule has 1 aromatic rings. The van der Waals surface area contributed by atoms with E-state index in [0.29, 0.717) is 13.1 Å². The topological polar surface area (TPSA) is 60.9 Å². The smallest absolute Gasteiger partial charge is 0.246 e. The van der Waals surface area contributed by atoms with Crippen molar-refractivity contribution in [1.29, 1.82) is 0 Å². The zero-order valence-electron chi connectivity index (χ0n) is 11.9. The highest BCUT2D eigenvalue weighted by atomic mass is 32.2. The number of aliphatic hydroxyl groups excluding tert-OH is 1. The maximum absolute atomic E-state index is 13.9. The van der Waals surface area contributed by atoms with E-state index in [9.17, 15) is 17.2 Å². The average molecular weight is 320 g/mol. The van der Waals surface area contributed by atoms with Gasteiger partial charge in [-0.1, -0.05) is 0 Å². The summed E-state index contributed by atoms with van der Waals surface area (Å²) >= 11 is 0. The van der Waals surface area contributed by atoms with Crippen LogP contribution in [-0.2, 0) is 16.6 Å². The van der Waals surface area contributed by atoms with Crippen LogP contribution >= 0.6 is 0 Å². The van der Waals surface area contributed by atoms with Crippen LogP contribution in [0.25, 0.3) is 0 Å². The van der Waals surface area contributed by atoms with Crippen molar-refractivity contribution in [2.45, 2.75) is 24.5 Å². The lowest BCUT2D eigenvalue weighted by Crippen LogP contribution is -2.52. The number of sulfonamides is 1. The Morgan fingerprint density at radius 1 is 1.33 bits per heavy atom. The van der Waals surface area contributed by atoms with Gasteiger partial charge in [0.15, 0.2) is 11.6 Å². The molecule has 0 bridgehead atoms. The minimum Gasteiger partial charge on any atom is -0.392 e. The minimum atomic E-state index is -4.14. The number of benzene rings is 1. The Morgan fingerprint density at radius 2 is 2.00 bits per heavy atom. The predicted molar refractivity (Wildman–Crippen MR) is 73.1 cm³/mol. The van der Waals surface area contributed by atoms with Gasteiger partial charge in [0.05, 0.1) is 6.61 Å². The van der Waals surface area contributed by atoms with E-state index in [0.717, 1.165) is 12.1 Å². The van der Waals surface area contributed by atoms with E-state index < -0.39 is 33.2 Å². The molecule has 1 unspecified atom stereocenters. The van der Waals surface area contributed by atoms with Crippen molar-refractivity contribution in [2.75, 3.05) is 26.7 Å². The van der Waals surface area contributed by atoms with Crippen molar-refractivity contribution in [3.63, 3.8) is 0 Å². The van der Waals surface area contributed by atoms with Gasteiger partial charge in [-0.25, -0.2) is 17.2 Å². The average Bonchev–Trinajstić information content (AvgIpc) is 2.40. The molecule has 118 valence electrons. The fourth-order valence-corrected chi connectivity index (χ4v) is 4.24. The van der Waals surface area contributed by atoms with E-state index in [1.165, 1.54) is 4.31 Å². The normalized spacial score (nSPS) is 21.7. The van der Waals surface area contributed by atoms with E-state index in [-0.39, 0.29) is 18.2 Å². The molecule has 1 fully saturated rings. The summed E-state index contributed by atoms with van der Waals surface area (Å²) in [5.74, 6) is -2.68. The van der Waals surface area contributed by atoms with E-state index in [1.54, 1.807) is 6.92 Å². The molecule has 1 aliphatic heterocycles. The number of halogens is 2. The molecule has 0 saturated carbocycles. The molecule has 0 spiro atoms. The maximum atomic E-state index is 13.9. The molecule has 5 nitrogen and oxygen atoms in total. The van der Waals surface area contributed by atoms with Gasteiger partial charge in [-0.05, 0) is 31.7 Å². The molecule has 1 heterocycles. The summed E-state index contributed by atoms with van der Waals surface area (Å²) in [4.78, 5) is 1.25. The van der Waals surface area contributed by atoms with Crippen LogP contribution in [0.3, 0.4) is 0 Å². The first-order valence-electron chi connectivity index (χ1n) is 6.56. The second-order valence-electron chi connectivity index (χ2n) is 5.27. The summed E-state index contributed by atoms with van der Waals surface area (Å²) in [5, 5.41) is 9.04. The first kappa shape index (κ1) is 16.3. The lowest BCUT2D eigenvalue weighted by atomic mass is 10.2. The van der Waals surface area contributed by atoms with Crippen LogP contribution in [-0.4, -0.2) is 55.5 Å². The molecule has 1 atom stereocenters. The van der Waals surface area contributed by atoms with Gasteiger partial charge in [-0.2, -0.15) is 4.31 Å². The molecule has 8 heteroatoms. The summed E-state index contributed by atoms with van der Waals surface area (Å²) in [6, 6.07) is 1.44. The third-order valence-electron chi connectivity index (χ3n) is 3.59. The molecule has 0 aliphatic carbocycles. The number of nitrogens with zero attached hydrogens (tertiary/aromatic N) is 2. The second-order valence-corrected chi connectivity index (χ2v) is 7.13. The highest BCUT2D eigenvalue weighted by molar-refractivity contribution is 7.89. The fourth-order valence-electron chi connectivity index (χ4n) is 2.50. The van der Waals surface area contributed by atoms with Crippen LogP contribution in [0.15, 0.2) is 17.0 Å². The monoisotopic (exact) mass is 320 g/mol. The Hall–Kier alpha value is -1.09. The Bertz CT molecular complexity index is 637. The molecule has 0 radical (unpaired) electrons. The van der Waals surface area contributed by atoms with Gasteiger partial charge in [0.1, 0.15) is 4.90 Å². The Balaban J connectivity index is 2.47. The van der Waals surface area contributed by atoms with Crippen molar-refractivity contribution in [2.24, 2.45) is 0 Å². The lowest BCUT2D eigenvalue weighted by Gasteiger charge is -2.37. The highest BCUT2D eigenvalue weighted by Crippen LogP contribution is 2.26. The molecule has 0 aromatic heterocycles. The summed E-state index contributed by atoms with van der Waals surface area (Å²) in [6.07, 6.45) is 0. The highest BCUT2D eigenvalue weighted by Gasteiger charge is 2.35. The van der Waals surface area contributed by atoms with Gasteiger partial charge in [0.25, 0.3) is 0 Å². The molecule has 1 saturated heterocycles. The molecular weight excluding hydrogens is 302 g/mol. The number of piperazine rings is 1. The lowest BCUT2D eigenvalue weighted by molar-refractivity contribution is 0.170. The largest absolute Gasteiger partial charge is 0.392 e. The quantitative estimate of drug-likeness (QED) is 0.894. The third kappa shape index (κ3) is 3.08. The molecule has 21 heavy (non-hydrogen) atoms. The van der Waals surface area contributed by atoms with Gasteiger partial charge in [0.2, 0.25) is 10.0 Å². The Labute approximate surface area is 122 Å². The van der Waals surface area contributed by atoms with Crippen molar-refractivity contribution >= 4 is 10.0 Å². The SMILES string of the molecule is CC1CN(C)CCN1S(=O)(=O)c1cc(CO)cc(F)c1F. The minimum absolute atomic E-state index is 0.0225. The van der Waals surface area contributed by atoms with E-state index >= 15 is 0 Å². The molecule has 1 N–H and O–H groups in total. The first-order valence-corrected chi connectivity index (χ1v) is 8.00. The molecule has 2 rings (SSSR count). The van der Waals surface area contributed by atoms with Crippen molar-refractivity contribution in [3.05, 3.63) is 29.3 Å². The Kier molecular flexibility index (Phi) is 4.62. The van der Waals surface area contributed by atoms with Crippen LogP contribution in [0, 0.1) is 11.6 Å². The number of likely N-dealkylation sites (N-methyl/N-ethyl adjacent to an activating group) is 1. The molecule has 1 aromatic carbocycles. The van der Waals surface area contributed by atoms with Crippen molar-refractivity contribution < 1.29 is 22.3 Å². The maximum Gasteiger partial charge on any atom is 0.246 e. The molecular formula is C13H18F2N2O3S. The van der Waals surface area contributed by atoms with E-state index in [1.807, 2.05) is 11.9 Å². The zero-order valence-corrected chi connectivity index (χ0v) is 12.7. The summed E-state index contributed by atoms with van der Waals surface area (Å²) in [7, 11) is -2.27. The summed E-state index contributed by atoms with van der Waals surface area (Å²) in [5.41, 5.74) is 0.0225. The Morgan fingerprint density at radius 3 is 2.57 bits per heavy atom. The number of hydrogen-bond acceptors (Lipinski definition) is 4. The van der Waals surface area contributed by atoms with Gasteiger partial charge in [-0.3, -0.25) is 0 Å². The summed E-state index contributed by atoms with van der Waals surface area (Å²) in [6.45, 7) is 2.41. The van der Waals surface area contributed by atoms with Gasteiger partial charge >= 0.3 is 0 Å². The second kappa shape index (κ2) is 5.96. The van der Waals surface area contributed by atoms with Crippen molar-refractivity contribution in [3.8, 4) is 0 Å². The van der Waals surface area contributed by atoms with Gasteiger partial charge in [0, 0.05) is 25.7 Å². The number of rotatable bonds is 3. The van der Waals surface area contributed by atoms with Crippen LogP contribution in [0.5, 0.6) is 0 Å². The summed E-state index contributed by atoms with van der Waals surface area (Å²) < 4.78 is 53.7. The molecule has 1 aliphatic rings. The van der Waals surface area contributed by atoms with Crippen molar-refractivity contribution in [1.82, 2.24) is 9.21 Å². The zero-order chi connectivity index (χ0) is 15.8. The first-order chi connectivity index (χ1) is 9.77. The number of hydrogen-bond donors (Lipinski definition) is 1.